The highest BCUT2D eigenvalue weighted by molar-refractivity contribution is 5.87. The second-order valence-corrected chi connectivity index (χ2v) is 2.81. The molecule has 14 heavy (non-hydrogen) atoms. The van der Waals surface area contributed by atoms with E-state index in [1.54, 1.807) is 6.92 Å². The van der Waals surface area contributed by atoms with Gasteiger partial charge in [-0.15, -0.1) is 0 Å². The highest BCUT2D eigenvalue weighted by Gasteiger charge is 2.13. The Morgan fingerprint density at radius 2 is 2.00 bits per heavy atom. The Kier molecular flexibility index (Phi) is 4.45. The van der Waals surface area contributed by atoms with Gasteiger partial charge in [0.05, 0.1) is 11.3 Å². The van der Waals surface area contributed by atoms with E-state index >= 15 is 0 Å². The van der Waals surface area contributed by atoms with Crippen molar-refractivity contribution in [3.8, 4) is 0 Å². The van der Waals surface area contributed by atoms with E-state index in [2.05, 4.69) is 6.58 Å². The van der Waals surface area contributed by atoms with Gasteiger partial charge in [-0.25, -0.2) is 10.6 Å². The summed E-state index contributed by atoms with van der Waals surface area (Å²) >= 11 is 0. The molecule has 0 saturated heterocycles. The summed E-state index contributed by atoms with van der Waals surface area (Å²) in [5.41, 5.74) is 6.17. The number of hydrazine groups is 1. The van der Waals surface area contributed by atoms with Crippen molar-refractivity contribution in [2.45, 2.75) is 13.8 Å². The van der Waals surface area contributed by atoms with E-state index in [-0.39, 0.29) is 5.57 Å². The first-order valence-electron chi connectivity index (χ1n) is 3.94. The Bertz CT molecular complexity index is 305. The number of rotatable bonds is 4. The van der Waals surface area contributed by atoms with E-state index in [0.29, 0.717) is 11.3 Å². The van der Waals surface area contributed by atoms with Gasteiger partial charge in [0.25, 0.3) is 0 Å². The van der Waals surface area contributed by atoms with Crippen molar-refractivity contribution < 1.29 is 9.90 Å². The topological polar surface area (TPSA) is 92.6 Å². The molecule has 0 unspecified atom stereocenters. The van der Waals surface area contributed by atoms with Crippen molar-refractivity contribution in [2.24, 2.45) is 11.6 Å². The van der Waals surface area contributed by atoms with Crippen LogP contribution in [0.2, 0.25) is 0 Å². The standard InChI is InChI=1S/C9H15N3O2/c1-6(2)8(7(3)9(13)14)12(11)5-4-10/h4-5H,1,10-11H2,2-3H3,(H,13,14)/b5-4-,8-7-. The van der Waals surface area contributed by atoms with Crippen molar-refractivity contribution in [1.29, 1.82) is 0 Å². The molecule has 0 rings (SSSR count). The van der Waals surface area contributed by atoms with Gasteiger partial charge in [-0.05, 0) is 19.4 Å². The molecular formula is C9H15N3O2. The maximum absolute atomic E-state index is 10.7. The average Bonchev–Trinajstić information content (AvgIpc) is 2.03. The molecule has 0 fully saturated rings. The van der Waals surface area contributed by atoms with Crippen molar-refractivity contribution >= 4 is 5.97 Å². The lowest BCUT2D eigenvalue weighted by atomic mass is 10.1. The lowest BCUT2D eigenvalue weighted by Gasteiger charge is -2.19. The smallest absolute Gasteiger partial charge is 0.333 e. The van der Waals surface area contributed by atoms with Crippen molar-refractivity contribution in [2.75, 3.05) is 0 Å². The number of hydrogen-bond donors (Lipinski definition) is 3. The Hall–Kier alpha value is -1.75. The zero-order valence-corrected chi connectivity index (χ0v) is 8.32. The number of carboxylic acids is 1. The summed E-state index contributed by atoms with van der Waals surface area (Å²) in [6, 6.07) is 0. The lowest BCUT2D eigenvalue weighted by Crippen LogP contribution is -2.27. The minimum absolute atomic E-state index is 0.123. The van der Waals surface area contributed by atoms with Crippen LogP contribution in [0.1, 0.15) is 13.8 Å². The van der Waals surface area contributed by atoms with Crippen LogP contribution in [0.3, 0.4) is 0 Å². The largest absolute Gasteiger partial charge is 0.478 e. The number of carboxylic acid groups (broad SMARTS) is 1. The third-order valence-corrected chi connectivity index (χ3v) is 1.59. The molecule has 0 aliphatic heterocycles. The lowest BCUT2D eigenvalue weighted by molar-refractivity contribution is -0.132. The van der Waals surface area contributed by atoms with Gasteiger partial charge in [-0.2, -0.15) is 0 Å². The Labute approximate surface area is 83.0 Å². The first-order valence-corrected chi connectivity index (χ1v) is 3.94. The van der Waals surface area contributed by atoms with Gasteiger partial charge in [-0.1, -0.05) is 6.58 Å². The number of aliphatic carboxylic acids is 1. The van der Waals surface area contributed by atoms with Gasteiger partial charge in [0.2, 0.25) is 0 Å². The third-order valence-electron chi connectivity index (χ3n) is 1.59. The molecular weight excluding hydrogens is 182 g/mol. The van der Waals surface area contributed by atoms with Gasteiger partial charge in [-0.3, -0.25) is 5.01 Å². The number of nitrogens with two attached hydrogens (primary N) is 2. The molecule has 0 aromatic heterocycles. The molecule has 5 heteroatoms. The maximum atomic E-state index is 10.7. The van der Waals surface area contributed by atoms with Crippen molar-refractivity contribution in [3.63, 3.8) is 0 Å². The number of carbonyl (C=O) groups is 1. The summed E-state index contributed by atoms with van der Waals surface area (Å²) in [6.07, 6.45) is 2.58. The van der Waals surface area contributed by atoms with Gasteiger partial charge >= 0.3 is 5.97 Å². The van der Waals surface area contributed by atoms with Crippen LogP contribution in [0, 0.1) is 0 Å². The second-order valence-electron chi connectivity index (χ2n) is 2.81. The van der Waals surface area contributed by atoms with Crippen LogP contribution in [0.25, 0.3) is 0 Å². The van der Waals surface area contributed by atoms with Crippen LogP contribution in [0.4, 0.5) is 0 Å². The summed E-state index contributed by atoms with van der Waals surface area (Å²) in [4.78, 5) is 10.7. The fourth-order valence-corrected chi connectivity index (χ4v) is 1.00. The molecule has 0 aromatic rings. The van der Waals surface area contributed by atoms with Gasteiger partial charge in [0.1, 0.15) is 0 Å². The zero-order valence-electron chi connectivity index (χ0n) is 8.32. The number of allylic oxidation sites excluding steroid dienone is 1. The fraction of sp³-hybridized carbons (Fsp3) is 0.222. The predicted octanol–water partition coefficient (Wildman–Crippen LogP) is 0.527. The Morgan fingerprint density at radius 1 is 1.50 bits per heavy atom. The molecule has 0 atom stereocenters. The summed E-state index contributed by atoms with van der Waals surface area (Å²) in [5, 5.41) is 9.91. The molecule has 0 amide bonds. The van der Waals surface area contributed by atoms with Crippen LogP contribution < -0.4 is 11.6 Å². The van der Waals surface area contributed by atoms with E-state index < -0.39 is 5.97 Å². The molecule has 0 aliphatic carbocycles. The minimum atomic E-state index is -1.04. The fourth-order valence-electron chi connectivity index (χ4n) is 1.00. The summed E-state index contributed by atoms with van der Waals surface area (Å²) in [5.74, 6) is 4.51. The van der Waals surface area contributed by atoms with Gasteiger partial charge in [0, 0.05) is 12.4 Å². The monoisotopic (exact) mass is 197 g/mol. The molecule has 5 nitrogen and oxygen atoms in total. The molecule has 0 aliphatic rings. The number of nitrogens with zero attached hydrogens (tertiary/aromatic N) is 1. The molecule has 78 valence electrons. The summed E-state index contributed by atoms with van der Waals surface area (Å²) in [6.45, 7) is 6.77. The zero-order chi connectivity index (χ0) is 11.3. The van der Waals surface area contributed by atoms with Crippen LogP contribution >= 0.6 is 0 Å². The SMILES string of the molecule is C=C(C)/C(=C(\C)C(=O)O)N(N)/C=C\N. The molecule has 0 spiro atoms. The predicted molar refractivity (Wildman–Crippen MR) is 54.5 cm³/mol. The van der Waals surface area contributed by atoms with Crippen LogP contribution in [0.15, 0.2) is 35.8 Å². The van der Waals surface area contributed by atoms with Crippen LogP contribution in [0.5, 0.6) is 0 Å². The Balaban J connectivity index is 5.24. The van der Waals surface area contributed by atoms with E-state index in [1.165, 1.54) is 19.3 Å². The molecule has 0 saturated carbocycles. The Morgan fingerprint density at radius 3 is 2.29 bits per heavy atom. The maximum Gasteiger partial charge on any atom is 0.333 e. The van der Waals surface area contributed by atoms with Crippen molar-refractivity contribution in [1.82, 2.24) is 5.01 Å². The summed E-state index contributed by atoms with van der Waals surface area (Å²) < 4.78 is 0. The number of hydrogen-bond acceptors (Lipinski definition) is 4. The molecule has 0 aromatic carbocycles. The van der Waals surface area contributed by atoms with Crippen molar-refractivity contribution in [3.05, 3.63) is 35.8 Å². The molecule has 0 radical (unpaired) electrons. The quantitative estimate of drug-likeness (QED) is 0.264. The average molecular weight is 197 g/mol. The normalized spacial score (nSPS) is 12.5. The first-order chi connectivity index (χ1) is 6.41. The van der Waals surface area contributed by atoms with E-state index in [4.69, 9.17) is 16.7 Å². The highest BCUT2D eigenvalue weighted by atomic mass is 16.4. The molecule has 0 heterocycles. The van der Waals surface area contributed by atoms with E-state index in [1.807, 2.05) is 0 Å². The van der Waals surface area contributed by atoms with Crippen LogP contribution in [-0.2, 0) is 4.79 Å². The van der Waals surface area contributed by atoms with Gasteiger partial charge < -0.3 is 10.8 Å². The highest BCUT2D eigenvalue weighted by Crippen LogP contribution is 2.15. The van der Waals surface area contributed by atoms with E-state index in [9.17, 15) is 4.79 Å². The third kappa shape index (κ3) is 2.95. The first kappa shape index (κ1) is 12.2. The van der Waals surface area contributed by atoms with Crippen LogP contribution in [-0.4, -0.2) is 16.1 Å². The second kappa shape index (κ2) is 5.08. The van der Waals surface area contributed by atoms with E-state index in [0.717, 1.165) is 5.01 Å². The minimum Gasteiger partial charge on any atom is -0.478 e. The molecule has 0 bridgehead atoms. The van der Waals surface area contributed by atoms with Gasteiger partial charge in [0.15, 0.2) is 0 Å². The summed E-state index contributed by atoms with van der Waals surface area (Å²) in [7, 11) is 0. The molecule has 5 N–H and O–H groups in total.